The van der Waals surface area contributed by atoms with Crippen molar-refractivity contribution in [2.24, 2.45) is 11.8 Å². The summed E-state index contributed by atoms with van der Waals surface area (Å²) in [6.07, 6.45) is 3.21. The standard InChI is InChI=1S/C27H29N3O6/c1-3-4-11-30-24(32)21-22(25(30)33)27(26(34)35,13-16-14-28-18-8-6-5-7-17(16)18)29-23(21)15-9-10-19(31)20(12-15)36-2/h5-10,12,14,21-23,28-29,31H,3-4,11,13H2,1-2H3,(H,34,35). The average molecular weight is 492 g/mol. The molecule has 2 aromatic carbocycles. The summed E-state index contributed by atoms with van der Waals surface area (Å²) >= 11 is 0. The molecule has 3 heterocycles. The number of fused-ring (bicyclic) bond motifs is 2. The van der Waals surface area contributed by atoms with E-state index in [1.165, 1.54) is 18.1 Å². The number of amides is 2. The number of H-pyrrole nitrogens is 1. The number of carbonyl (C=O) groups excluding carboxylic acids is 2. The Morgan fingerprint density at radius 3 is 2.67 bits per heavy atom. The Bertz CT molecular complexity index is 1350. The SMILES string of the molecule is CCCCN1C(=O)C2C(c3ccc(O)c(OC)c3)NC(Cc3c[nH]c4ccccc34)(C(=O)O)C2C1=O. The highest BCUT2D eigenvalue weighted by molar-refractivity contribution is 6.09. The number of hydrogen-bond acceptors (Lipinski definition) is 6. The number of phenols is 1. The highest BCUT2D eigenvalue weighted by Gasteiger charge is 2.68. The lowest BCUT2D eigenvalue weighted by Crippen LogP contribution is -2.57. The minimum atomic E-state index is -1.71. The number of imide groups is 1. The number of aromatic nitrogens is 1. The van der Waals surface area contributed by atoms with Crippen LogP contribution in [0.15, 0.2) is 48.7 Å². The predicted octanol–water partition coefficient (Wildman–Crippen LogP) is 2.99. The fourth-order valence-electron chi connectivity index (χ4n) is 5.79. The number of benzene rings is 2. The van der Waals surface area contributed by atoms with Crippen molar-refractivity contribution in [1.29, 1.82) is 0 Å². The van der Waals surface area contributed by atoms with Crippen LogP contribution >= 0.6 is 0 Å². The average Bonchev–Trinajstić information content (AvgIpc) is 3.51. The quantitative estimate of drug-likeness (QED) is 0.356. The monoisotopic (exact) mass is 491 g/mol. The summed E-state index contributed by atoms with van der Waals surface area (Å²) in [7, 11) is 1.42. The first-order valence-electron chi connectivity index (χ1n) is 12.1. The Morgan fingerprint density at radius 1 is 1.17 bits per heavy atom. The number of phenolic OH excluding ortho intramolecular Hbond substituents is 1. The van der Waals surface area contributed by atoms with Crippen LogP contribution in [0.5, 0.6) is 11.5 Å². The van der Waals surface area contributed by atoms with Crippen LogP contribution in [0.1, 0.15) is 36.9 Å². The lowest BCUT2D eigenvalue weighted by atomic mass is 9.76. The summed E-state index contributed by atoms with van der Waals surface area (Å²) in [5.41, 5.74) is 0.468. The van der Waals surface area contributed by atoms with E-state index in [0.29, 0.717) is 12.0 Å². The molecule has 2 amide bonds. The highest BCUT2D eigenvalue weighted by atomic mass is 16.5. The van der Waals surface area contributed by atoms with Crippen LogP contribution in [0.2, 0.25) is 0 Å². The molecule has 5 rings (SSSR count). The van der Waals surface area contributed by atoms with Crippen LogP contribution in [0.3, 0.4) is 0 Å². The van der Waals surface area contributed by atoms with E-state index < -0.39 is 35.3 Å². The first-order chi connectivity index (χ1) is 17.3. The second-order valence-corrected chi connectivity index (χ2v) is 9.55. The molecule has 4 unspecified atom stereocenters. The number of carbonyl (C=O) groups is 3. The number of aromatic amines is 1. The van der Waals surface area contributed by atoms with E-state index in [1.54, 1.807) is 18.3 Å². The maximum Gasteiger partial charge on any atom is 0.325 e. The topological polar surface area (TPSA) is 132 Å². The third kappa shape index (κ3) is 3.53. The molecule has 9 heteroatoms. The molecule has 0 bridgehead atoms. The van der Waals surface area contributed by atoms with Crippen LogP contribution in [-0.4, -0.2) is 57.1 Å². The molecular weight excluding hydrogens is 462 g/mol. The second-order valence-electron chi connectivity index (χ2n) is 9.55. The van der Waals surface area contributed by atoms with Gasteiger partial charge in [0, 0.05) is 36.1 Å². The number of carboxylic acids is 1. The molecule has 2 aliphatic heterocycles. The van der Waals surface area contributed by atoms with Crippen molar-refractivity contribution in [2.45, 2.75) is 37.8 Å². The first-order valence-corrected chi connectivity index (χ1v) is 12.1. The van der Waals surface area contributed by atoms with Gasteiger partial charge in [-0.2, -0.15) is 0 Å². The molecule has 0 saturated carbocycles. The minimum Gasteiger partial charge on any atom is -0.504 e. The lowest BCUT2D eigenvalue weighted by Gasteiger charge is -2.31. The maximum absolute atomic E-state index is 13.7. The third-order valence-electron chi connectivity index (χ3n) is 7.57. The summed E-state index contributed by atoms with van der Waals surface area (Å²) < 4.78 is 5.25. The van der Waals surface area contributed by atoms with E-state index in [4.69, 9.17) is 4.74 Å². The summed E-state index contributed by atoms with van der Waals surface area (Å²) in [4.78, 5) is 44.8. The van der Waals surface area contributed by atoms with Crippen LogP contribution in [0.4, 0.5) is 0 Å². The van der Waals surface area contributed by atoms with Gasteiger partial charge in [0.15, 0.2) is 11.5 Å². The van der Waals surface area contributed by atoms with Crippen LogP contribution in [0.25, 0.3) is 10.9 Å². The van der Waals surface area contributed by atoms with Gasteiger partial charge in [0.1, 0.15) is 5.54 Å². The van der Waals surface area contributed by atoms with Crippen molar-refractivity contribution in [3.05, 3.63) is 59.8 Å². The van der Waals surface area contributed by atoms with E-state index >= 15 is 0 Å². The number of carboxylic acid groups (broad SMARTS) is 1. The number of likely N-dealkylation sites (tertiary alicyclic amines) is 1. The fourth-order valence-corrected chi connectivity index (χ4v) is 5.79. The molecule has 1 aromatic heterocycles. The Kier molecular flexibility index (Phi) is 5.96. The molecular formula is C27H29N3O6. The number of ether oxygens (including phenoxy) is 1. The molecule has 3 aromatic rings. The highest BCUT2D eigenvalue weighted by Crippen LogP contribution is 2.51. The molecule has 4 atom stereocenters. The van der Waals surface area contributed by atoms with Gasteiger partial charge in [-0.15, -0.1) is 0 Å². The van der Waals surface area contributed by atoms with E-state index in [-0.39, 0.29) is 30.4 Å². The molecule has 0 radical (unpaired) electrons. The van der Waals surface area contributed by atoms with Crippen molar-refractivity contribution in [2.75, 3.05) is 13.7 Å². The Balaban J connectivity index is 1.64. The molecule has 188 valence electrons. The summed E-state index contributed by atoms with van der Waals surface area (Å²) in [6, 6.07) is 11.5. The second kappa shape index (κ2) is 8.98. The Labute approximate surface area is 208 Å². The van der Waals surface area contributed by atoms with Gasteiger partial charge in [-0.25, -0.2) is 0 Å². The van der Waals surface area contributed by atoms with Crippen LogP contribution in [-0.2, 0) is 20.8 Å². The number of para-hydroxylation sites is 1. The third-order valence-corrected chi connectivity index (χ3v) is 7.57. The zero-order valence-electron chi connectivity index (χ0n) is 20.2. The van der Waals surface area contributed by atoms with E-state index in [9.17, 15) is 24.6 Å². The fraction of sp³-hybridized carbons (Fsp3) is 0.370. The lowest BCUT2D eigenvalue weighted by molar-refractivity contribution is -0.151. The van der Waals surface area contributed by atoms with E-state index in [1.807, 2.05) is 31.2 Å². The van der Waals surface area contributed by atoms with Crippen molar-refractivity contribution in [1.82, 2.24) is 15.2 Å². The van der Waals surface area contributed by atoms with Crippen LogP contribution < -0.4 is 10.1 Å². The molecule has 2 saturated heterocycles. The number of aromatic hydroxyl groups is 1. The van der Waals surface area contributed by atoms with Gasteiger partial charge in [0.25, 0.3) is 0 Å². The molecule has 4 N–H and O–H groups in total. The van der Waals surface area contributed by atoms with Crippen molar-refractivity contribution < 1.29 is 29.3 Å². The first kappa shape index (κ1) is 23.9. The molecule has 9 nitrogen and oxygen atoms in total. The smallest absolute Gasteiger partial charge is 0.325 e. The van der Waals surface area contributed by atoms with Gasteiger partial charge >= 0.3 is 5.97 Å². The summed E-state index contributed by atoms with van der Waals surface area (Å²) in [6.45, 7) is 2.23. The van der Waals surface area contributed by atoms with Gasteiger partial charge in [-0.3, -0.25) is 24.6 Å². The minimum absolute atomic E-state index is 0.0138. The van der Waals surface area contributed by atoms with E-state index in [2.05, 4.69) is 10.3 Å². The molecule has 0 aliphatic carbocycles. The number of methoxy groups -OCH3 is 1. The van der Waals surface area contributed by atoms with Crippen molar-refractivity contribution in [3.8, 4) is 11.5 Å². The van der Waals surface area contributed by atoms with Gasteiger partial charge in [-0.1, -0.05) is 37.6 Å². The number of nitrogens with one attached hydrogen (secondary N) is 2. The molecule has 2 aliphatic rings. The van der Waals surface area contributed by atoms with Gasteiger partial charge in [0.2, 0.25) is 11.8 Å². The number of aliphatic carboxylic acids is 1. The number of hydrogen-bond donors (Lipinski definition) is 4. The summed E-state index contributed by atoms with van der Waals surface area (Å²) in [5, 5.41) is 24.8. The van der Waals surface area contributed by atoms with Crippen molar-refractivity contribution in [3.63, 3.8) is 0 Å². The largest absolute Gasteiger partial charge is 0.504 e. The van der Waals surface area contributed by atoms with Crippen molar-refractivity contribution >= 4 is 28.7 Å². The Morgan fingerprint density at radius 2 is 1.94 bits per heavy atom. The zero-order chi connectivity index (χ0) is 25.6. The summed E-state index contributed by atoms with van der Waals surface area (Å²) in [5.74, 6) is -3.86. The Hall–Kier alpha value is -3.85. The van der Waals surface area contributed by atoms with Gasteiger partial charge in [-0.05, 0) is 35.7 Å². The number of nitrogens with zero attached hydrogens (tertiary/aromatic N) is 1. The molecule has 36 heavy (non-hydrogen) atoms. The number of rotatable bonds is 8. The molecule has 2 fully saturated rings. The predicted molar refractivity (Wildman–Crippen MR) is 132 cm³/mol. The molecule has 0 spiro atoms. The number of unbranched alkanes of at least 4 members (excludes halogenated alkanes) is 1. The van der Waals surface area contributed by atoms with E-state index in [0.717, 1.165) is 22.9 Å². The maximum atomic E-state index is 13.7. The normalized spacial score (nSPS) is 25.5. The van der Waals surface area contributed by atoms with Gasteiger partial charge in [0.05, 0.1) is 18.9 Å². The van der Waals surface area contributed by atoms with Gasteiger partial charge < -0.3 is 19.9 Å². The van der Waals surface area contributed by atoms with Crippen LogP contribution in [0, 0.1) is 11.8 Å². The zero-order valence-corrected chi connectivity index (χ0v) is 20.2.